The molecule has 2 aromatic carbocycles. The minimum absolute atomic E-state index is 0.350. The maximum Gasteiger partial charge on any atom is 0.140 e. The van der Waals surface area contributed by atoms with Crippen LogP contribution in [0.4, 0.5) is 0 Å². The minimum atomic E-state index is 0.350. The van der Waals surface area contributed by atoms with Crippen molar-refractivity contribution in [1.82, 2.24) is 0 Å². The molecule has 2 atom stereocenters. The Morgan fingerprint density at radius 1 is 0.947 bits per heavy atom. The summed E-state index contributed by atoms with van der Waals surface area (Å²) in [5, 5.41) is 2.48. The highest BCUT2D eigenvalue weighted by Gasteiger charge is 2.47. The number of Topliss-reactive ketones (excluding diaryl/α,β-unsaturated/α-hetero) is 1. The summed E-state index contributed by atoms with van der Waals surface area (Å²) in [5.74, 6) is 2.59. The van der Waals surface area contributed by atoms with Gasteiger partial charge in [0.05, 0.1) is 0 Å². The van der Waals surface area contributed by atoms with Crippen molar-refractivity contribution in [3.8, 4) is 0 Å². The molecule has 0 N–H and O–H groups in total. The zero-order chi connectivity index (χ0) is 12.8. The van der Waals surface area contributed by atoms with Gasteiger partial charge in [0.15, 0.2) is 0 Å². The Kier molecular flexibility index (Phi) is 2.48. The van der Waals surface area contributed by atoms with E-state index >= 15 is 0 Å². The number of carbonyl (C=O) groups is 1. The summed E-state index contributed by atoms with van der Waals surface area (Å²) in [6, 6.07) is 14.7. The third kappa shape index (κ3) is 1.98. The van der Waals surface area contributed by atoms with Crippen LogP contribution >= 0.6 is 0 Å². The zero-order valence-corrected chi connectivity index (χ0v) is 11.0. The van der Waals surface area contributed by atoms with E-state index in [1.165, 1.54) is 22.8 Å². The Bertz CT molecular complexity index is 628. The second-order valence-corrected chi connectivity index (χ2v) is 6.21. The number of fused-ring (bicyclic) bond motifs is 2. The smallest absolute Gasteiger partial charge is 0.140 e. The third-order valence-electron chi connectivity index (χ3n) is 4.94. The average Bonchev–Trinajstić information content (AvgIpc) is 3.05. The van der Waals surface area contributed by atoms with Gasteiger partial charge in [0, 0.05) is 12.3 Å². The quantitative estimate of drug-likeness (QED) is 0.804. The Morgan fingerprint density at radius 3 is 2.53 bits per heavy atom. The van der Waals surface area contributed by atoms with Crippen LogP contribution in [0.15, 0.2) is 42.5 Å². The Labute approximate surface area is 113 Å². The fourth-order valence-electron chi connectivity index (χ4n) is 3.76. The highest BCUT2D eigenvalue weighted by atomic mass is 16.1. The van der Waals surface area contributed by atoms with Gasteiger partial charge in [-0.25, -0.2) is 0 Å². The van der Waals surface area contributed by atoms with Crippen LogP contribution in [0, 0.1) is 17.8 Å². The van der Waals surface area contributed by atoms with Crippen LogP contribution in [-0.4, -0.2) is 5.78 Å². The van der Waals surface area contributed by atoms with E-state index in [9.17, 15) is 4.79 Å². The molecular weight excluding hydrogens is 232 g/mol. The molecule has 4 rings (SSSR count). The van der Waals surface area contributed by atoms with Gasteiger partial charge >= 0.3 is 0 Å². The van der Waals surface area contributed by atoms with Crippen molar-refractivity contribution in [2.24, 2.45) is 17.8 Å². The molecule has 1 nitrogen and oxygen atoms in total. The van der Waals surface area contributed by atoms with Crippen molar-refractivity contribution < 1.29 is 4.79 Å². The third-order valence-corrected chi connectivity index (χ3v) is 4.94. The zero-order valence-electron chi connectivity index (χ0n) is 11.0. The molecule has 0 saturated heterocycles. The largest absolute Gasteiger partial charge is 0.299 e. The molecule has 2 saturated carbocycles. The van der Waals surface area contributed by atoms with Gasteiger partial charge < -0.3 is 0 Å². The normalized spacial score (nSPS) is 28.3. The van der Waals surface area contributed by atoms with Crippen LogP contribution in [0.3, 0.4) is 0 Å². The van der Waals surface area contributed by atoms with Gasteiger partial charge in [0.25, 0.3) is 0 Å². The van der Waals surface area contributed by atoms with Crippen LogP contribution in [0.2, 0.25) is 0 Å². The van der Waals surface area contributed by atoms with E-state index < -0.39 is 0 Å². The molecule has 19 heavy (non-hydrogen) atoms. The highest BCUT2D eigenvalue weighted by Crippen LogP contribution is 2.54. The number of rotatable bonds is 3. The minimum Gasteiger partial charge on any atom is -0.299 e. The summed E-state index contributed by atoms with van der Waals surface area (Å²) in [6.07, 6.45) is 4.33. The molecule has 96 valence electrons. The lowest BCUT2D eigenvalue weighted by atomic mass is 9.92. The van der Waals surface area contributed by atoms with Crippen LogP contribution in [0.5, 0.6) is 0 Å². The summed E-state index contributed by atoms with van der Waals surface area (Å²) in [5.41, 5.74) is 1.20. The molecule has 2 aromatic rings. The van der Waals surface area contributed by atoms with Gasteiger partial charge in [-0.2, -0.15) is 0 Å². The van der Waals surface area contributed by atoms with Crippen molar-refractivity contribution in [2.45, 2.75) is 25.7 Å². The average molecular weight is 250 g/mol. The van der Waals surface area contributed by atoms with Crippen molar-refractivity contribution in [1.29, 1.82) is 0 Å². The monoisotopic (exact) mass is 250 g/mol. The standard InChI is InChI=1S/C18H18O/c19-18(16-9-14-8-15(14)10-16)11-13-6-3-5-12-4-1-2-7-17(12)13/h1-7,14-16H,8-11H2. The van der Waals surface area contributed by atoms with Gasteiger partial charge in [-0.15, -0.1) is 0 Å². The summed E-state index contributed by atoms with van der Waals surface area (Å²) in [7, 11) is 0. The predicted octanol–water partition coefficient (Wildman–Crippen LogP) is 4.00. The second kappa shape index (κ2) is 4.19. The Balaban J connectivity index is 1.59. The summed E-state index contributed by atoms with van der Waals surface area (Å²) < 4.78 is 0. The van der Waals surface area contributed by atoms with E-state index in [0.717, 1.165) is 24.7 Å². The van der Waals surface area contributed by atoms with Crippen LogP contribution in [0.1, 0.15) is 24.8 Å². The van der Waals surface area contributed by atoms with Crippen molar-refractivity contribution in [3.05, 3.63) is 48.0 Å². The van der Waals surface area contributed by atoms with Gasteiger partial charge in [-0.1, -0.05) is 42.5 Å². The van der Waals surface area contributed by atoms with Gasteiger partial charge in [-0.05, 0) is 47.4 Å². The molecule has 0 heterocycles. The molecule has 0 radical (unpaired) electrons. The first kappa shape index (κ1) is 11.2. The first-order valence-corrected chi connectivity index (χ1v) is 7.30. The van der Waals surface area contributed by atoms with E-state index in [-0.39, 0.29) is 0 Å². The van der Waals surface area contributed by atoms with Crippen LogP contribution in [-0.2, 0) is 11.2 Å². The number of hydrogen-bond donors (Lipinski definition) is 0. The fraction of sp³-hybridized carbons (Fsp3) is 0.389. The maximum absolute atomic E-state index is 12.4. The maximum atomic E-state index is 12.4. The number of hydrogen-bond acceptors (Lipinski definition) is 1. The van der Waals surface area contributed by atoms with E-state index in [1.807, 2.05) is 0 Å². The predicted molar refractivity (Wildman–Crippen MR) is 77.0 cm³/mol. The highest BCUT2D eigenvalue weighted by molar-refractivity contribution is 5.91. The lowest BCUT2D eigenvalue weighted by Gasteiger charge is -2.11. The molecule has 0 spiro atoms. The topological polar surface area (TPSA) is 17.1 Å². The molecule has 2 fully saturated rings. The lowest BCUT2D eigenvalue weighted by molar-refractivity contribution is -0.122. The summed E-state index contributed by atoms with van der Waals surface area (Å²) in [6.45, 7) is 0. The van der Waals surface area contributed by atoms with E-state index in [4.69, 9.17) is 0 Å². The first-order valence-electron chi connectivity index (χ1n) is 7.30. The summed E-state index contributed by atoms with van der Waals surface area (Å²) >= 11 is 0. The fourth-order valence-corrected chi connectivity index (χ4v) is 3.76. The van der Waals surface area contributed by atoms with Crippen molar-refractivity contribution in [3.63, 3.8) is 0 Å². The van der Waals surface area contributed by atoms with Gasteiger partial charge in [0.2, 0.25) is 0 Å². The molecule has 1 heteroatoms. The number of ketones is 1. The first-order chi connectivity index (χ1) is 9.31. The van der Waals surface area contributed by atoms with Crippen LogP contribution < -0.4 is 0 Å². The molecule has 2 aliphatic rings. The number of benzene rings is 2. The Hall–Kier alpha value is -1.63. The van der Waals surface area contributed by atoms with E-state index in [1.54, 1.807) is 0 Å². The summed E-state index contributed by atoms with van der Waals surface area (Å²) in [4.78, 5) is 12.4. The van der Waals surface area contributed by atoms with Gasteiger partial charge in [0.1, 0.15) is 5.78 Å². The SMILES string of the molecule is O=C(Cc1cccc2ccccc12)C1CC2CC2C1. The van der Waals surface area contributed by atoms with Crippen LogP contribution in [0.25, 0.3) is 10.8 Å². The van der Waals surface area contributed by atoms with Crippen molar-refractivity contribution >= 4 is 16.6 Å². The molecule has 0 aromatic heterocycles. The molecule has 0 aliphatic heterocycles. The second-order valence-electron chi connectivity index (χ2n) is 6.21. The molecule has 0 bridgehead atoms. The molecule has 0 amide bonds. The lowest BCUT2D eigenvalue weighted by Crippen LogP contribution is -2.15. The van der Waals surface area contributed by atoms with Gasteiger partial charge in [-0.3, -0.25) is 4.79 Å². The van der Waals surface area contributed by atoms with E-state index in [2.05, 4.69) is 42.5 Å². The molecular formula is C18H18O. The molecule has 2 aliphatic carbocycles. The number of carbonyl (C=O) groups excluding carboxylic acids is 1. The molecule has 2 unspecified atom stereocenters. The Morgan fingerprint density at radius 2 is 1.68 bits per heavy atom. The van der Waals surface area contributed by atoms with E-state index in [0.29, 0.717) is 18.1 Å². The van der Waals surface area contributed by atoms with Crippen molar-refractivity contribution in [2.75, 3.05) is 0 Å².